The molecule has 10 nitrogen and oxygen atoms in total. The van der Waals surface area contributed by atoms with Crippen LogP contribution in [0, 0.1) is 17.8 Å². The lowest BCUT2D eigenvalue weighted by Gasteiger charge is -2.26. The van der Waals surface area contributed by atoms with Crippen LogP contribution in [0.3, 0.4) is 0 Å². The summed E-state index contributed by atoms with van der Waals surface area (Å²) in [7, 11) is 0. The van der Waals surface area contributed by atoms with Gasteiger partial charge in [0.25, 0.3) is 0 Å². The van der Waals surface area contributed by atoms with Crippen LogP contribution in [-0.4, -0.2) is 45.2 Å². The minimum absolute atomic E-state index is 0.111. The summed E-state index contributed by atoms with van der Waals surface area (Å²) >= 11 is 0. The first-order valence-electron chi connectivity index (χ1n) is 13.2. The number of ketones is 1. The zero-order valence-electron chi connectivity index (χ0n) is 22.7. The summed E-state index contributed by atoms with van der Waals surface area (Å²) in [5.41, 5.74) is 2.41. The predicted octanol–water partition coefficient (Wildman–Crippen LogP) is 2.28. The van der Waals surface area contributed by atoms with Gasteiger partial charge in [0.1, 0.15) is 5.92 Å². The van der Waals surface area contributed by atoms with Gasteiger partial charge in [-0.15, -0.1) is 0 Å². The number of nitrogens with zero attached hydrogens (tertiary/aromatic N) is 2. The molecule has 1 aliphatic heterocycles. The Morgan fingerprint density at radius 1 is 0.925 bits per heavy atom. The van der Waals surface area contributed by atoms with Gasteiger partial charge < -0.3 is 10.6 Å². The van der Waals surface area contributed by atoms with Crippen molar-refractivity contribution < 1.29 is 24.0 Å². The Morgan fingerprint density at radius 3 is 2.20 bits per heavy atom. The molecule has 4 atom stereocenters. The number of Topliss-reactive ketones (excluding diaryl/α,β-unsaturated/α-hetero) is 1. The first-order chi connectivity index (χ1) is 19.1. The Morgan fingerprint density at radius 2 is 1.62 bits per heavy atom. The summed E-state index contributed by atoms with van der Waals surface area (Å²) < 4.78 is 1.72. The van der Waals surface area contributed by atoms with Crippen LogP contribution in [0.4, 0.5) is 0 Å². The first kappa shape index (κ1) is 28.4. The number of amides is 4. The monoisotopic (exact) mass is 543 g/mol. The van der Waals surface area contributed by atoms with Crippen LogP contribution in [-0.2, 0) is 30.4 Å². The van der Waals surface area contributed by atoms with Gasteiger partial charge in [0.15, 0.2) is 5.78 Å². The Kier molecular flexibility index (Phi) is 8.88. The molecule has 0 aliphatic carbocycles. The normalized spacial score (nSPS) is 18.2. The summed E-state index contributed by atoms with van der Waals surface area (Å²) in [4.78, 5) is 63.6. The Hall–Kier alpha value is -4.60. The highest BCUT2D eigenvalue weighted by molar-refractivity contribution is 6.16. The van der Waals surface area contributed by atoms with Gasteiger partial charge in [-0.2, -0.15) is 5.10 Å². The SMILES string of the molecule is CC(C)[C@H](NC(=O)C[C@H](NC(=O)Cc1ccc(-n2cccn2)cc1)c1ccccc1)C(=O)[C@@H]1C(=O)NC(=O)[C@H]1C. The van der Waals surface area contributed by atoms with Gasteiger partial charge in [0.05, 0.1) is 36.5 Å². The molecular formula is C30H33N5O5. The Bertz CT molecular complexity index is 1370. The zero-order valence-corrected chi connectivity index (χ0v) is 22.7. The van der Waals surface area contributed by atoms with E-state index in [0.29, 0.717) is 0 Å². The molecule has 10 heteroatoms. The molecule has 0 saturated carbocycles. The summed E-state index contributed by atoms with van der Waals surface area (Å²) in [6, 6.07) is 16.8. The van der Waals surface area contributed by atoms with Crippen molar-refractivity contribution in [3.63, 3.8) is 0 Å². The van der Waals surface area contributed by atoms with Gasteiger partial charge in [-0.05, 0) is 35.2 Å². The van der Waals surface area contributed by atoms with Crippen LogP contribution in [0.5, 0.6) is 0 Å². The second-order valence-electron chi connectivity index (χ2n) is 10.3. The van der Waals surface area contributed by atoms with Crippen LogP contribution in [0.2, 0.25) is 0 Å². The number of carbonyl (C=O) groups is 5. The van der Waals surface area contributed by atoms with Gasteiger partial charge in [0, 0.05) is 12.4 Å². The molecule has 2 aromatic carbocycles. The lowest BCUT2D eigenvalue weighted by atomic mass is 9.85. The smallest absolute Gasteiger partial charge is 0.238 e. The minimum Gasteiger partial charge on any atom is -0.348 e. The van der Waals surface area contributed by atoms with Crippen molar-refractivity contribution in [2.75, 3.05) is 0 Å². The molecule has 0 spiro atoms. The molecule has 0 bridgehead atoms. The molecule has 1 fully saturated rings. The molecule has 4 rings (SSSR count). The van der Waals surface area contributed by atoms with Crippen LogP contribution in [0.15, 0.2) is 73.1 Å². The van der Waals surface area contributed by atoms with Crippen molar-refractivity contribution in [1.29, 1.82) is 0 Å². The number of hydrogen-bond donors (Lipinski definition) is 3. The summed E-state index contributed by atoms with van der Waals surface area (Å²) in [6.45, 7) is 5.04. The molecule has 1 aromatic heterocycles. The Labute approximate surface area is 232 Å². The van der Waals surface area contributed by atoms with Crippen LogP contribution >= 0.6 is 0 Å². The van der Waals surface area contributed by atoms with E-state index in [1.165, 1.54) is 6.92 Å². The molecule has 208 valence electrons. The van der Waals surface area contributed by atoms with E-state index in [9.17, 15) is 24.0 Å². The molecule has 2 heterocycles. The standard InChI is InChI=1S/C30H33N5O5/c1-18(2)27(28(38)26-19(3)29(39)34-30(26)40)33-25(37)17-23(21-8-5-4-6-9-21)32-24(36)16-20-10-12-22(13-11-20)35-15-7-14-31-35/h4-15,18-19,23,26-27H,16-17H2,1-3H3,(H,32,36)(H,33,37)(H,34,39,40)/t19-,23-,26+,27-/m0/s1. The van der Waals surface area contributed by atoms with Crippen molar-refractivity contribution in [3.8, 4) is 5.69 Å². The third-order valence-electron chi connectivity index (χ3n) is 7.04. The predicted molar refractivity (Wildman–Crippen MR) is 147 cm³/mol. The highest BCUT2D eigenvalue weighted by Crippen LogP contribution is 2.24. The minimum atomic E-state index is -1.15. The van der Waals surface area contributed by atoms with E-state index in [4.69, 9.17) is 0 Å². The third-order valence-corrected chi connectivity index (χ3v) is 7.04. The number of hydrogen-bond acceptors (Lipinski definition) is 6. The topological polar surface area (TPSA) is 139 Å². The Balaban J connectivity index is 1.43. The molecule has 4 amide bonds. The van der Waals surface area contributed by atoms with Crippen LogP contribution in [0.1, 0.15) is 44.4 Å². The van der Waals surface area contributed by atoms with Crippen molar-refractivity contribution >= 4 is 29.4 Å². The molecule has 0 radical (unpaired) electrons. The number of aromatic nitrogens is 2. The number of benzene rings is 2. The van der Waals surface area contributed by atoms with E-state index in [0.717, 1.165) is 16.8 Å². The second-order valence-corrected chi connectivity index (χ2v) is 10.3. The fourth-order valence-electron chi connectivity index (χ4n) is 4.80. The molecule has 1 saturated heterocycles. The maximum atomic E-state index is 13.2. The summed E-state index contributed by atoms with van der Waals surface area (Å²) in [6.07, 6.45) is 3.51. The zero-order chi connectivity index (χ0) is 28.8. The van der Waals surface area contributed by atoms with Gasteiger partial charge in [-0.3, -0.25) is 29.3 Å². The maximum Gasteiger partial charge on any atom is 0.238 e. The molecule has 3 N–H and O–H groups in total. The van der Waals surface area contributed by atoms with E-state index in [1.54, 1.807) is 24.7 Å². The average Bonchev–Trinajstić information content (AvgIpc) is 3.55. The lowest BCUT2D eigenvalue weighted by molar-refractivity contribution is -0.137. The molecule has 40 heavy (non-hydrogen) atoms. The maximum absolute atomic E-state index is 13.2. The van der Waals surface area contributed by atoms with Gasteiger partial charge in [-0.1, -0.05) is 63.2 Å². The van der Waals surface area contributed by atoms with Crippen molar-refractivity contribution in [2.24, 2.45) is 17.8 Å². The number of imide groups is 1. The van der Waals surface area contributed by atoms with E-state index in [1.807, 2.05) is 66.9 Å². The molecule has 0 unspecified atom stereocenters. The highest BCUT2D eigenvalue weighted by atomic mass is 16.2. The highest BCUT2D eigenvalue weighted by Gasteiger charge is 2.46. The van der Waals surface area contributed by atoms with Crippen molar-refractivity contribution in [2.45, 2.75) is 45.7 Å². The van der Waals surface area contributed by atoms with E-state index in [-0.39, 0.29) is 24.7 Å². The average molecular weight is 544 g/mol. The molecular weight excluding hydrogens is 510 g/mol. The van der Waals surface area contributed by atoms with E-state index < -0.39 is 47.4 Å². The lowest BCUT2D eigenvalue weighted by Crippen LogP contribution is -2.49. The van der Waals surface area contributed by atoms with Crippen LogP contribution in [0.25, 0.3) is 5.69 Å². The second kappa shape index (κ2) is 12.5. The summed E-state index contributed by atoms with van der Waals surface area (Å²) in [5, 5.41) is 12.1. The van der Waals surface area contributed by atoms with E-state index in [2.05, 4.69) is 21.0 Å². The van der Waals surface area contributed by atoms with Crippen LogP contribution < -0.4 is 16.0 Å². The fraction of sp³-hybridized carbons (Fsp3) is 0.333. The molecule has 3 aromatic rings. The van der Waals surface area contributed by atoms with Gasteiger partial charge >= 0.3 is 0 Å². The van der Waals surface area contributed by atoms with Gasteiger partial charge in [0.2, 0.25) is 23.6 Å². The molecule has 1 aliphatic rings. The van der Waals surface area contributed by atoms with Gasteiger partial charge in [-0.25, -0.2) is 4.68 Å². The largest absolute Gasteiger partial charge is 0.348 e. The fourth-order valence-corrected chi connectivity index (χ4v) is 4.80. The first-order valence-corrected chi connectivity index (χ1v) is 13.2. The number of carbonyl (C=O) groups excluding carboxylic acids is 5. The van der Waals surface area contributed by atoms with Crippen molar-refractivity contribution in [1.82, 2.24) is 25.7 Å². The van der Waals surface area contributed by atoms with E-state index >= 15 is 0 Å². The summed E-state index contributed by atoms with van der Waals surface area (Å²) in [5.74, 6) is -4.64. The van der Waals surface area contributed by atoms with Crippen molar-refractivity contribution in [3.05, 3.63) is 84.2 Å². The number of rotatable bonds is 11. The third kappa shape index (κ3) is 6.69. The number of nitrogens with one attached hydrogen (secondary N) is 3. The quantitative estimate of drug-likeness (QED) is 0.251.